The van der Waals surface area contributed by atoms with Crippen LogP contribution in [0.5, 0.6) is 5.75 Å². The van der Waals surface area contributed by atoms with Crippen molar-refractivity contribution >= 4 is 0 Å². The minimum Gasteiger partial charge on any atom is -0.497 e. The van der Waals surface area contributed by atoms with Gasteiger partial charge in [0.15, 0.2) is 6.29 Å². The number of methoxy groups -OCH3 is 1. The first-order chi connectivity index (χ1) is 11.1. The van der Waals surface area contributed by atoms with Crippen LogP contribution in [-0.4, -0.2) is 66.9 Å². The summed E-state index contributed by atoms with van der Waals surface area (Å²) in [5.41, 5.74) is 1.01. The van der Waals surface area contributed by atoms with E-state index < -0.39 is 24.6 Å². The molecule has 0 radical (unpaired) electrons. The summed E-state index contributed by atoms with van der Waals surface area (Å²) in [6.07, 6.45) is -3.39. The predicted molar refractivity (Wildman–Crippen MR) is 81.0 cm³/mol. The Bertz CT molecular complexity index is 450. The second-order valence-corrected chi connectivity index (χ2v) is 5.37. The van der Waals surface area contributed by atoms with E-state index in [1.54, 1.807) is 7.11 Å². The molecule has 0 aliphatic carbocycles. The molecule has 3 N–H and O–H groups in total. The Morgan fingerprint density at radius 2 is 1.91 bits per heavy atom. The minimum atomic E-state index is -1.13. The van der Waals surface area contributed by atoms with E-state index in [0.717, 1.165) is 11.3 Å². The molecular weight excluding hydrogens is 304 g/mol. The first-order valence-corrected chi connectivity index (χ1v) is 7.58. The van der Waals surface area contributed by atoms with E-state index in [0.29, 0.717) is 13.2 Å². The molecule has 7 nitrogen and oxygen atoms in total. The summed E-state index contributed by atoms with van der Waals surface area (Å²) in [5, 5.41) is 28.6. The number of hydrogen-bond acceptors (Lipinski definition) is 7. The Hall–Kier alpha value is -1.22. The third kappa shape index (κ3) is 5.42. The molecule has 23 heavy (non-hydrogen) atoms. The first-order valence-electron chi connectivity index (χ1n) is 7.58. The second kappa shape index (κ2) is 9.17. The molecule has 1 aromatic carbocycles. The van der Waals surface area contributed by atoms with Gasteiger partial charge < -0.3 is 34.3 Å². The zero-order valence-electron chi connectivity index (χ0n) is 13.1. The summed E-state index contributed by atoms with van der Waals surface area (Å²) in [5.74, 6) is 0.789. The van der Waals surface area contributed by atoms with Crippen LogP contribution in [0.25, 0.3) is 0 Å². The van der Waals surface area contributed by atoms with Gasteiger partial charge in [-0.15, -0.1) is 0 Å². The van der Waals surface area contributed by atoms with Crippen LogP contribution in [-0.2, 0) is 20.8 Å². The molecule has 1 heterocycles. The molecule has 1 aliphatic rings. The summed E-state index contributed by atoms with van der Waals surface area (Å²) in [7, 11) is 1.61. The van der Waals surface area contributed by atoms with Crippen LogP contribution in [0.4, 0.5) is 0 Å². The van der Waals surface area contributed by atoms with Crippen molar-refractivity contribution in [1.29, 1.82) is 0 Å². The Labute approximate surface area is 135 Å². The molecule has 2 rings (SSSR count). The minimum absolute atomic E-state index is 0.186. The van der Waals surface area contributed by atoms with Crippen molar-refractivity contribution in [3.63, 3.8) is 0 Å². The molecule has 7 heteroatoms. The number of aliphatic hydroxyl groups is 3. The maximum Gasteiger partial charge on any atom is 0.186 e. The predicted octanol–water partition coefficient (Wildman–Crippen LogP) is 0.0575. The van der Waals surface area contributed by atoms with Gasteiger partial charge in [-0.25, -0.2) is 0 Å². The molecule has 4 atom stereocenters. The maximum atomic E-state index is 9.80. The number of aliphatic hydroxyl groups excluding tert-OH is 3. The lowest BCUT2D eigenvalue weighted by atomic mass is 10.0. The lowest BCUT2D eigenvalue weighted by molar-refractivity contribution is -0.273. The van der Waals surface area contributed by atoms with Crippen molar-refractivity contribution in [3.05, 3.63) is 29.8 Å². The molecule has 0 amide bonds. The molecule has 1 fully saturated rings. The number of benzene rings is 1. The number of rotatable bonds is 8. The van der Waals surface area contributed by atoms with E-state index >= 15 is 0 Å². The van der Waals surface area contributed by atoms with Crippen LogP contribution in [0.3, 0.4) is 0 Å². The highest BCUT2D eigenvalue weighted by atomic mass is 16.7. The first kappa shape index (κ1) is 18.1. The molecule has 0 saturated carbocycles. The van der Waals surface area contributed by atoms with E-state index in [9.17, 15) is 10.2 Å². The summed E-state index contributed by atoms with van der Waals surface area (Å²) >= 11 is 0. The van der Waals surface area contributed by atoms with Crippen molar-refractivity contribution in [2.24, 2.45) is 0 Å². The third-order valence-electron chi connectivity index (χ3n) is 3.65. The Morgan fingerprint density at radius 1 is 1.17 bits per heavy atom. The Balaban J connectivity index is 1.66. The topological polar surface area (TPSA) is 97.6 Å². The van der Waals surface area contributed by atoms with Crippen LogP contribution in [0.2, 0.25) is 0 Å². The molecule has 1 aromatic rings. The van der Waals surface area contributed by atoms with Gasteiger partial charge in [0.2, 0.25) is 0 Å². The average Bonchev–Trinajstić information content (AvgIpc) is 2.58. The van der Waals surface area contributed by atoms with Crippen LogP contribution >= 0.6 is 0 Å². The highest BCUT2D eigenvalue weighted by Crippen LogP contribution is 2.21. The zero-order chi connectivity index (χ0) is 16.7. The molecule has 0 spiro atoms. The van der Waals surface area contributed by atoms with Gasteiger partial charge in [-0.05, 0) is 17.7 Å². The Morgan fingerprint density at radius 3 is 2.57 bits per heavy atom. The lowest BCUT2D eigenvalue weighted by Crippen LogP contribution is -2.50. The smallest absolute Gasteiger partial charge is 0.186 e. The average molecular weight is 328 g/mol. The summed E-state index contributed by atoms with van der Waals surface area (Å²) in [6.45, 7) is 0.738. The van der Waals surface area contributed by atoms with E-state index in [4.69, 9.17) is 24.1 Å². The molecule has 130 valence electrons. The monoisotopic (exact) mass is 328 g/mol. The van der Waals surface area contributed by atoms with E-state index in [1.807, 2.05) is 24.3 Å². The van der Waals surface area contributed by atoms with E-state index in [2.05, 4.69) is 0 Å². The fourth-order valence-corrected chi connectivity index (χ4v) is 2.31. The van der Waals surface area contributed by atoms with Crippen molar-refractivity contribution < 1.29 is 34.3 Å². The highest BCUT2D eigenvalue weighted by molar-refractivity contribution is 5.26. The van der Waals surface area contributed by atoms with Gasteiger partial charge in [-0.1, -0.05) is 12.1 Å². The van der Waals surface area contributed by atoms with Crippen molar-refractivity contribution in [2.45, 2.75) is 37.6 Å². The summed E-state index contributed by atoms with van der Waals surface area (Å²) < 4.78 is 21.3. The van der Waals surface area contributed by atoms with E-state index in [1.165, 1.54) is 0 Å². The molecule has 1 aliphatic heterocycles. The molecular formula is C16H24O7. The highest BCUT2D eigenvalue weighted by Gasteiger charge is 2.37. The van der Waals surface area contributed by atoms with Gasteiger partial charge in [0, 0.05) is 6.42 Å². The van der Waals surface area contributed by atoms with Crippen LogP contribution in [0.1, 0.15) is 12.0 Å². The SMILES string of the molecule is COc1ccc(COCCO[C@@H]2O[C@H](CO)C[C@H](O)[C@H]2O)cc1. The molecule has 0 unspecified atom stereocenters. The van der Waals surface area contributed by atoms with Gasteiger partial charge in [0.05, 0.1) is 45.7 Å². The van der Waals surface area contributed by atoms with Gasteiger partial charge in [-0.2, -0.15) is 0 Å². The van der Waals surface area contributed by atoms with Crippen LogP contribution in [0.15, 0.2) is 24.3 Å². The summed E-state index contributed by atoms with van der Waals surface area (Å²) in [4.78, 5) is 0. The normalized spacial score (nSPS) is 27.8. The van der Waals surface area contributed by atoms with Crippen molar-refractivity contribution in [3.8, 4) is 5.75 Å². The second-order valence-electron chi connectivity index (χ2n) is 5.37. The maximum absolute atomic E-state index is 9.80. The fraction of sp³-hybridized carbons (Fsp3) is 0.625. The van der Waals surface area contributed by atoms with Crippen molar-refractivity contribution in [2.75, 3.05) is 26.9 Å². The molecule has 0 aromatic heterocycles. The zero-order valence-corrected chi connectivity index (χ0v) is 13.1. The third-order valence-corrected chi connectivity index (χ3v) is 3.65. The standard InChI is InChI=1S/C16H24O7/c1-20-12-4-2-11(3-5-12)10-21-6-7-22-16-15(19)14(18)8-13(9-17)23-16/h2-5,13-19H,6-10H2,1H3/t13-,14-,15+,16+/m0/s1. The Kier molecular flexibility index (Phi) is 7.22. The quantitative estimate of drug-likeness (QED) is 0.580. The van der Waals surface area contributed by atoms with Gasteiger partial charge in [0.1, 0.15) is 11.9 Å². The van der Waals surface area contributed by atoms with Crippen molar-refractivity contribution in [1.82, 2.24) is 0 Å². The fourth-order valence-electron chi connectivity index (χ4n) is 2.31. The largest absolute Gasteiger partial charge is 0.497 e. The van der Waals surface area contributed by atoms with Gasteiger partial charge in [0.25, 0.3) is 0 Å². The van der Waals surface area contributed by atoms with Crippen LogP contribution < -0.4 is 4.74 Å². The molecule has 0 bridgehead atoms. The number of hydrogen-bond donors (Lipinski definition) is 3. The van der Waals surface area contributed by atoms with Gasteiger partial charge >= 0.3 is 0 Å². The van der Waals surface area contributed by atoms with Gasteiger partial charge in [-0.3, -0.25) is 0 Å². The van der Waals surface area contributed by atoms with E-state index in [-0.39, 0.29) is 19.6 Å². The summed E-state index contributed by atoms with van der Waals surface area (Å²) in [6, 6.07) is 7.54. The molecule has 1 saturated heterocycles. The number of ether oxygens (including phenoxy) is 4. The van der Waals surface area contributed by atoms with Crippen LogP contribution in [0, 0.1) is 0 Å². The lowest BCUT2D eigenvalue weighted by Gasteiger charge is -2.36.